The number of carbonyl (C=O) groups is 2. The summed E-state index contributed by atoms with van der Waals surface area (Å²) in [5.41, 5.74) is 2.65. The molecule has 0 aliphatic rings. The van der Waals surface area contributed by atoms with E-state index >= 15 is 0 Å². The molecule has 0 bridgehead atoms. The number of hydrogen-bond donors (Lipinski definition) is 2. The van der Waals surface area contributed by atoms with Gasteiger partial charge in [0.05, 0.1) is 11.5 Å². The average Bonchev–Trinajstić information content (AvgIpc) is 2.52. The van der Waals surface area contributed by atoms with Crippen LogP contribution in [0.5, 0.6) is 0 Å². The van der Waals surface area contributed by atoms with E-state index in [4.69, 9.17) is 5.11 Å². The maximum atomic E-state index is 11.7. The van der Waals surface area contributed by atoms with Crippen LogP contribution in [0.4, 0.5) is 5.69 Å². The number of aromatic carboxylic acids is 1. The van der Waals surface area contributed by atoms with Crippen LogP contribution in [0.15, 0.2) is 48.5 Å². The Labute approximate surface area is 134 Å². The molecule has 0 amide bonds. The third-order valence-electron chi connectivity index (χ3n) is 3.73. The van der Waals surface area contributed by atoms with Crippen LogP contribution in [-0.2, 0) is 11.2 Å². The van der Waals surface area contributed by atoms with Crippen molar-refractivity contribution in [3.05, 3.63) is 65.2 Å². The van der Waals surface area contributed by atoms with Crippen LogP contribution in [0, 0.1) is 0 Å². The Morgan fingerprint density at radius 1 is 1.04 bits per heavy atom. The van der Waals surface area contributed by atoms with Gasteiger partial charge in [-0.25, -0.2) is 4.79 Å². The number of hydrogen-bond acceptors (Lipinski definition) is 3. The Morgan fingerprint density at radius 3 is 2.22 bits per heavy atom. The number of aliphatic carboxylic acids is 1. The first-order chi connectivity index (χ1) is 10.9. The molecule has 2 aromatic carbocycles. The second-order valence-electron chi connectivity index (χ2n) is 5.59. The van der Waals surface area contributed by atoms with Crippen molar-refractivity contribution >= 4 is 17.6 Å². The minimum absolute atomic E-state index is 0.190. The molecule has 0 heterocycles. The Hall–Kier alpha value is -2.82. The minimum atomic E-state index is -0.995. The molecule has 120 valence electrons. The molecule has 0 spiro atoms. The zero-order valence-corrected chi connectivity index (χ0v) is 13.1. The van der Waals surface area contributed by atoms with E-state index in [-0.39, 0.29) is 5.56 Å². The molecule has 0 aliphatic heterocycles. The lowest BCUT2D eigenvalue weighted by molar-refractivity contribution is -0.138. The summed E-state index contributed by atoms with van der Waals surface area (Å²) in [5, 5.41) is 18.5. The molecular formula is C18H19NO4. The Balaban J connectivity index is 2.27. The van der Waals surface area contributed by atoms with Crippen LogP contribution in [-0.4, -0.2) is 36.2 Å². The number of rotatable bonds is 6. The molecule has 1 unspecified atom stereocenters. The fourth-order valence-corrected chi connectivity index (χ4v) is 2.39. The summed E-state index contributed by atoms with van der Waals surface area (Å²) in [6.45, 7) is 0. The van der Waals surface area contributed by atoms with E-state index in [2.05, 4.69) is 0 Å². The van der Waals surface area contributed by atoms with Crippen molar-refractivity contribution in [2.75, 3.05) is 19.0 Å². The topological polar surface area (TPSA) is 77.8 Å². The van der Waals surface area contributed by atoms with Gasteiger partial charge in [-0.1, -0.05) is 24.3 Å². The van der Waals surface area contributed by atoms with Crippen molar-refractivity contribution in [3.63, 3.8) is 0 Å². The first kappa shape index (κ1) is 16.5. The van der Waals surface area contributed by atoms with Gasteiger partial charge in [0.2, 0.25) is 0 Å². The van der Waals surface area contributed by atoms with Gasteiger partial charge in [-0.2, -0.15) is 0 Å². The number of benzene rings is 2. The molecule has 5 heteroatoms. The minimum Gasteiger partial charge on any atom is -0.481 e. The van der Waals surface area contributed by atoms with Crippen molar-refractivity contribution < 1.29 is 19.8 Å². The molecule has 0 aromatic heterocycles. The van der Waals surface area contributed by atoms with E-state index < -0.39 is 17.9 Å². The van der Waals surface area contributed by atoms with Gasteiger partial charge < -0.3 is 15.1 Å². The van der Waals surface area contributed by atoms with E-state index in [0.29, 0.717) is 6.42 Å². The quantitative estimate of drug-likeness (QED) is 0.857. The van der Waals surface area contributed by atoms with Crippen molar-refractivity contribution in [1.82, 2.24) is 0 Å². The highest BCUT2D eigenvalue weighted by atomic mass is 16.4. The van der Waals surface area contributed by atoms with Gasteiger partial charge in [-0.3, -0.25) is 4.79 Å². The molecular weight excluding hydrogens is 294 g/mol. The summed E-state index contributed by atoms with van der Waals surface area (Å²) >= 11 is 0. The van der Waals surface area contributed by atoms with Crippen LogP contribution in [0.3, 0.4) is 0 Å². The van der Waals surface area contributed by atoms with Crippen LogP contribution < -0.4 is 4.90 Å². The Morgan fingerprint density at radius 2 is 1.70 bits per heavy atom. The summed E-state index contributed by atoms with van der Waals surface area (Å²) in [7, 11) is 3.80. The molecule has 2 aromatic rings. The predicted octanol–water partition coefficient (Wildman–Crippen LogP) is 2.86. The van der Waals surface area contributed by atoms with Gasteiger partial charge in [-0.05, 0) is 41.8 Å². The lowest BCUT2D eigenvalue weighted by Gasteiger charge is -2.17. The van der Waals surface area contributed by atoms with Gasteiger partial charge in [0.25, 0.3) is 0 Å². The molecule has 5 nitrogen and oxygen atoms in total. The van der Waals surface area contributed by atoms with Crippen LogP contribution in [0.2, 0.25) is 0 Å². The second-order valence-corrected chi connectivity index (χ2v) is 5.59. The summed E-state index contributed by atoms with van der Waals surface area (Å²) < 4.78 is 0. The lowest BCUT2D eigenvalue weighted by Crippen LogP contribution is -2.16. The lowest BCUT2D eigenvalue weighted by atomic mass is 9.91. The Bertz CT molecular complexity index is 707. The summed E-state index contributed by atoms with van der Waals surface area (Å²) in [5.74, 6) is -2.57. The first-order valence-corrected chi connectivity index (χ1v) is 7.21. The zero-order chi connectivity index (χ0) is 17.0. The average molecular weight is 313 g/mol. The molecule has 23 heavy (non-hydrogen) atoms. The zero-order valence-electron chi connectivity index (χ0n) is 13.1. The normalized spacial score (nSPS) is 11.7. The standard InChI is InChI=1S/C18H19NO4/c1-19(2)15-5-3-4-14(11-15)16(18(22)23)10-12-6-8-13(9-7-12)17(20)21/h3-9,11,16H,10H2,1-2H3,(H,20,21)(H,22,23). The van der Waals surface area contributed by atoms with Crippen molar-refractivity contribution in [2.45, 2.75) is 12.3 Å². The third-order valence-corrected chi connectivity index (χ3v) is 3.73. The third kappa shape index (κ3) is 4.10. The molecule has 1 atom stereocenters. The van der Waals surface area contributed by atoms with Crippen molar-refractivity contribution in [3.8, 4) is 0 Å². The number of anilines is 1. The van der Waals surface area contributed by atoms with Gasteiger partial charge in [0, 0.05) is 19.8 Å². The smallest absolute Gasteiger partial charge is 0.335 e. The van der Waals surface area contributed by atoms with E-state index in [1.54, 1.807) is 18.2 Å². The highest BCUT2D eigenvalue weighted by Gasteiger charge is 2.21. The van der Waals surface area contributed by atoms with E-state index in [1.165, 1.54) is 12.1 Å². The number of carboxylic acid groups (broad SMARTS) is 2. The number of carboxylic acids is 2. The van der Waals surface area contributed by atoms with E-state index in [0.717, 1.165) is 16.8 Å². The van der Waals surface area contributed by atoms with E-state index in [1.807, 2.05) is 37.2 Å². The molecule has 0 saturated carbocycles. The summed E-state index contributed by atoms with van der Waals surface area (Å²) in [6, 6.07) is 13.7. The maximum absolute atomic E-state index is 11.7. The van der Waals surface area contributed by atoms with Gasteiger partial charge in [0.1, 0.15) is 0 Å². The molecule has 2 N–H and O–H groups in total. The summed E-state index contributed by atoms with van der Waals surface area (Å²) in [6.07, 6.45) is 0.312. The molecule has 0 radical (unpaired) electrons. The largest absolute Gasteiger partial charge is 0.481 e. The van der Waals surface area contributed by atoms with Crippen LogP contribution >= 0.6 is 0 Å². The van der Waals surface area contributed by atoms with Gasteiger partial charge in [0.15, 0.2) is 0 Å². The number of nitrogens with zero attached hydrogens (tertiary/aromatic N) is 1. The maximum Gasteiger partial charge on any atom is 0.335 e. The molecule has 2 rings (SSSR count). The molecule has 0 fully saturated rings. The van der Waals surface area contributed by atoms with Gasteiger partial charge in [-0.15, -0.1) is 0 Å². The molecule has 0 aliphatic carbocycles. The van der Waals surface area contributed by atoms with Crippen LogP contribution in [0.1, 0.15) is 27.4 Å². The fraction of sp³-hybridized carbons (Fsp3) is 0.222. The summed E-state index contributed by atoms with van der Waals surface area (Å²) in [4.78, 5) is 24.4. The second kappa shape index (κ2) is 6.96. The highest BCUT2D eigenvalue weighted by molar-refractivity contribution is 5.87. The van der Waals surface area contributed by atoms with Gasteiger partial charge >= 0.3 is 11.9 Å². The van der Waals surface area contributed by atoms with E-state index in [9.17, 15) is 14.7 Å². The fourth-order valence-electron chi connectivity index (χ4n) is 2.39. The Kier molecular flexibility index (Phi) is 5.01. The van der Waals surface area contributed by atoms with Crippen molar-refractivity contribution in [1.29, 1.82) is 0 Å². The van der Waals surface area contributed by atoms with Crippen LogP contribution in [0.25, 0.3) is 0 Å². The monoisotopic (exact) mass is 313 g/mol. The SMILES string of the molecule is CN(C)c1cccc(C(Cc2ccc(C(=O)O)cc2)C(=O)O)c1. The predicted molar refractivity (Wildman–Crippen MR) is 88.3 cm³/mol. The first-order valence-electron chi connectivity index (χ1n) is 7.21. The van der Waals surface area contributed by atoms with Crippen molar-refractivity contribution in [2.24, 2.45) is 0 Å². The molecule has 0 saturated heterocycles. The highest BCUT2D eigenvalue weighted by Crippen LogP contribution is 2.25.